The third-order valence-corrected chi connectivity index (χ3v) is 2.67. The summed E-state index contributed by atoms with van der Waals surface area (Å²) in [6, 6.07) is 7.46. The summed E-state index contributed by atoms with van der Waals surface area (Å²) < 4.78 is 10.6. The zero-order valence-corrected chi connectivity index (χ0v) is 11.2. The van der Waals surface area contributed by atoms with Crippen LogP contribution in [-0.2, 0) is 0 Å². The number of aryl methyl sites for hydroxylation is 1. The van der Waals surface area contributed by atoms with Crippen LogP contribution in [0.5, 0.6) is 11.5 Å². The van der Waals surface area contributed by atoms with Crippen LogP contribution in [0.3, 0.4) is 0 Å². The van der Waals surface area contributed by atoms with E-state index in [4.69, 9.17) is 21.1 Å². The van der Waals surface area contributed by atoms with Gasteiger partial charge < -0.3 is 9.47 Å². The number of benzene rings is 1. The lowest BCUT2D eigenvalue weighted by Gasteiger charge is -2.12. The van der Waals surface area contributed by atoms with Gasteiger partial charge in [0.2, 0.25) is 5.28 Å². The van der Waals surface area contributed by atoms with Gasteiger partial charge in [0.25, 0.3) is 0 Å². The van der Waals surface area contributed by atoms with Gasteiger partial charge in [0.1, 0.15) is 0 Å². The SMILES string of the molecule is COc1cccc(-c2cc(C)nc(Cl)n2)c1OC. The van der Waals surface area contributed by atoms with E-state index in [2.05, 4.69) is 9.97 Å². The molecule has 0 N–H and O–H groups in total. The Morgan fingerprint density at radius 1 is 1.11 bits per heavy atom. The average molecular weight is 265 g/mol. The molecule has 1 aromatic heterocycles. The number of rotatable bonds is 3. The zero-order chi connectivity index (χ0) is 13.1. The number of halogens is 1. The van der Waals surface area contributed by atoms with Gasteiger partial charge in [0.05, 0.1) is 19.9 Å². The second-order valence-corrected chi connectivity index (χ2v) is 4.04. The fraction of sp³-hybridized carbons (Fsp3) is 0.231. The molecule has 0 amide bonds. The summed E-state index contributed by atoms with van der Waals surface area (Å²) in [6.07, 6.45) is 0. The first-order valence-corrected chi connectivity index (χ1v) is 5.76. The molecule has 2 rings (SSSR count). The third-order valence-electron chi connectivity index (χ3n) is 2.51. The number of aromatic nitrogens is 2. The topological polar surface area (TPSA) is 44.2 Å². The molecule has 0 fully saturated rings. The molecule has 0 atom stereocenters. The number of ether oxygens (including phenoxy) is 2. The van der Waals surface area contributed by atoms with E-state index < -0.39 is 0 Å². The van der Waals surface area contributed by atoms with Gasteiger partial charge in [-0.2, -0.15) is 0 Å². The Morgan fingerprint density at radius 2 is 1.89 bits per heavy atom. The summed E-state index contributed by atoms with van der Waals surface area (Å²) >= 11 is 5.87. The van der Waals surface area contributed by atoms with E-state index in [0.717, 1.165) is 11.3 Å². The van der Waals surface area contributed by atoms with Crippen molar-refractivity contribution in [2.75, 3.05) is 14.2 Å². The van der Waals surface area contributed by atoms with Gasteiger partial charge in [-0.05, 0) is 36.7 Å². The van der Waals surface area contributed by atoms with E-state index in [-0.39, 0.29) is 5.28 Å². The van der Waals surface area contributed by atoms with Crippen LogP contribution in [0.2, 0.25) is 5.28 Å². The molecule has 4 nitrogen and oxygen atoms in total. The van der Waals surface area contributed by atoms with Crippen LogP contribution in [0.25, 0.3) is 11.3 Å². The number of hydrogen-bond acceptors (Lipinski definition) is 4. The predicted molar refractivity (Wildman–Crippen MR) is 70.3 cm³/mol. The van der Waals surface area contributed by atoms with E-state index in [1.165, 1.54) is 0 Å². The van der Waals surface area contributed by atoms with Crippen molar-refractivity contribution in [1.82, 2.24) is 9.97 Å². The predicted octanol–water partition coefficient (Wildman–Crippen LogP) is 3.12. The molecule has 0 spiro atoms. The minimum absolute atomic E-state index is 0.217. The van der Waals surface area contributed by atoms with E-state index >= 15 is 0 Å². The highest BCUT2D eigenvalue weighted by atomic mass is 35.5. The first kappa shape index (κ1) is 12.6. The van der Waals surface area contributed by atoms with Crippen LogP contribution >= 0.6 is 11.6 Å². The Kier molecular flexibility index (Phi) is 3.67. The van der Waals surface area contributed by atoms with Crippen LogP contribution in [0.1, 0.15) is 5.69 Å². The standard InChI is InChI=1S/C13H13ClN2O2/c1-8-7-10(16-13(14)15-8)9-5-4-6-11(17-2)12(9)18-3/h4-7H,1-3H3. The summed E-state index contributed by atoms with van der Waals surface area (Å²) in [5, 5.41) is 0.217. The van der Waals surface area contributed by atoms with Crippen molar-refractivity contribution in [3.05, 3.63) is 35.2 Å². The van der Waals surface area contributed by atoms with Crippen molar-refractivity contribution in [2.24, 2.45) is 0 Å². The highest BCUT2D eigenvalue weighted by Gasteiger charge is 2.13. The molecule has 5 heteroatoms. The van der Waals surface area contributed by atoms with Gasteiger partial charge in [0.15, 0.2) is 11.5 Å². The molecule has 18 heavy (non-hydrogen) atoms. The molecule has 0 bridgehead atoms. The normalized spacial score (nSPS) is 10.2. The summed E-state index contributed by atoms with van der Waals surface area (Å²) in [5.74, 6) is 1.29. The maximum atomic E-state index is 5.87. The van der Waals surface area contributed by atoms with Crippen LogP contribution in [0, 0.1) is 6.92 Å². The molecule has 0 saturated carbocycles. The highest BCUT2D eigenvalue weighted by Crippen LogP contribution is 2.37. The maximum absolute atomic E-state index is 5.87. The highest BCUT2D eigenvalue weighted by molar-refractivity contribution is 6.28. The largest absolute Gasteiger partial charge is 0.493 e. The minimum atomic E-state index is 0.217. The lowest BCUT2D eigenvalue weighted by Crippen LogP contribution is -1.96. The second kappa shape index (κ2) is 5.23. The molecule has 0 aliphatic carbocycles. The van der Waals surface area contributed by atoms with E-state index in [0.29, 0.717) is 17.2 Å². The number of nitrogens with zero attached hydrogens (tertiary/aromatic N) is 2. The summed E-state index contributed by atoms with van der Waals surface area (Å²) in [7, 11) is 3.19. The van der Waals surface area contributed by atoms with Gasteiger partial charge in [0, 0.05) is 11.3 Å². The molecular formula is C13H13ClN2O2. The van der Waals surface area contributed by atoms with Gasteiger partial charge in [-0.3, -0.25) is 0 Å². The Morgan fingerprint density at radius 3 is 2.50 bits per heavy atom. The summed E-state index contributed by atoms with van der Waals surface area (Å²) in [5.41, 5.74) is 2.34. The summed E-state index contributed by atoms with van der Waals surface area (Å²) in [6.45, 7) is 1.86. The van der Waals surface area contributed by atoms with Crippen molar-refractivity contribution in [1.29, 1.82) is 0 Å². The molecule has 1 heterocycles. The Labute approximate surface area is 111 Å². The lowest BCUT2D eigenvalue weighted by atomic mass is 10.1. The molecule has 1 aromatic carbocycles. The Hall–Kier alpha value is -1.81. The first-order valence-electron chi connectivity index (χ1n) is 5.38. The van der Waals surface area contributed by atoms with Crippen LogP contribution in [0.4, 0.5) is 0 Å². The van der Waals surface area contributed by atoms with E-state index in [1.807, 2.05) is 31.2 Å². The molecular weight excluding hydrogens is 252 g/mol. The monoisotopic (exact) mass is 264 g/mol. The fourth-order valence-corrected chi connectivity index (χ4v) is 1.98. The van der Waals surface area contributed by atoms with Crippen molar-refractivity contribution in [2.45, 2.75) is 6.92 Å². The van der Waals surface area contributed by atoms with Gasteiger partial charge >= 0.3 is 0 Å². The fourth-order valence-electron chi connectivity index (χ4n) is 1.76. The molecule has 0 radical (unpaired) electrons. The van der Waals surface area contributed by atoms with Crippen LogP contribution in [0.15, 0.2) is 24.3 Å². The van der Waals surface area contributed by atoms with Crippen molar-refractivity contribution in [3.8, 4) is 22.8 Å². The Bertz CT molecular complexity index is 553. The summed E-state index contributed by atoms with van der Waals surface area (Å²) in [4.78, 5) is 8.25. The molecule has 2 aromatic rings. The zero-order valence-electron chi connectivity index (χ0n) is 10.4. The van der Waals surface area contributed by atoms with E-state index in [1.54, 1.807) is 14.2 Å². The third kappa shape index (κ3) is 2.38. The van der Waals surface area contributed by atoms with Crippen molar-refractivity contribution >= 4 is 11.6 Å². The molecule has 0 unspecified atom stereocenters. The molecule has 0 saturated heterocycles. The van der Waals surface area contributed by atoms with E-state index in [9.17, 15) is 0 Å². The van der Waals surface area contributed by atoms with Gasteiger partial charge in [-0.15, -0.1) is 0 Å². The van der Waals surface area contributed by atoms with Crippen LogP contribution < -0.4 is 9.47 Å². The average Bonchev–Trinajstić information content (AvgIpc) is 2.36. The molecule has 0 aliphatic rings. The molecule has 94 valence electrons. The molecule has 0 aliphatic heterocycles. The second-order valence-electron chi connectivity index (χ2n) is 3.70. The van der Waals surface area contributed by atoms with Crippen LogP contribution in [-0.4, -0.2) is 24.2 Å². The minimum Gasteiger partial charge on any atom is -0.493 e. The smallest absolute Gasteiger partial charge is 0.223 e. The van der Waals surface area contributed by atoms with Gasteiger partial charge in [-0.25, -0.2) is 9.97 Å². The first-order chi connectivity index (χ1) is 8.65. The van der Waals surface area contributed by atoms with Gasteiger partial charge in [-0.1, -0.05) is 6.07 Å². The lowest BCUT2D eigenvalue weighted by molar-refractivity contribution is 0.356. The number of hydrogen-bond donors (Lipinski definition) is 0. The van der Waals surface area contributed by atoms with Crippen molar-refractivity contribution in [3.63, 3.8) is 0 Å². The number of methoxy groups -OCH3 is 2. The number of para-hydroxylation sites is 1. The maximum Gasteiger partial charge on any atom is 0.223 e. The Balaban J connectivity index is 2.63. The quantitative estimate of drug-likeness (QED) is 0.799. The van der Waals surface area contributed by atoms with Crippen molar-refractivity contribution < 1.29 is 9.47 Å².